The van der Waals surface area contributed by atoms with Crippen molar-refractivity contribution in [3.05, 3.63) is 49.1 Å². The molecule has 1 aromatic heterocycles. The number of fused-ring (bicyclic) bond motifs is 1. The molecule has 0 fully saturated rings. The molecule has 0 saturated heterocycles. The van der Waals surface area contributed by atoms with E-state index in [-0.39, 0.29) is 6.41 Å². The molecule has 2 aromatic rings. The van der Waals surface area contributed by atoms with E-state index in [1.54, 1.807) is 12.5 Å². The van der Waals surface area contributed by atoms with Crippen LogP contribution in [0.3, 0.4) is 0 Å². The molecular formula is C11H9NO2. The maximum Gasteiger partial charge on any atom is 0.330 e. The van der Waals surface area contributed by atoms with Gasteiger partial charge in [0.25, 0.3) is 0 Å². The second-order valence-electron chi connectivity index (χ2n) is 3.13. The highest BCUT2D eigenvalue weighted by Gasteiger charge is 2.15. The quantitative estimate of drug-likeness (QED) is 0.685. The minimum absolute atomic E-state index is 0.352. The van der Waals surface area contributed by atoms with Crippen molar-refractivity contribution in [1.82, 2.24) is 4.57 Å². The van der Waals surface area contributed by atoms with Gasteiger partial charge in [0.15, 0.2) is 0 Å². The number of aromatic nitrogens is 1. The molecule has 0 atom stereocenters. The molecule has 1 aliphatic heterocycles. The molecule has 0 bridgehead atoms. The number of ether oxygens (including phenoxy) is 2. The number of rotatable bonds is 1. The van der Waals surface area contributed by atoms with Crippen LogP contribution in [0.5, 0.6) is 0 Å². The maximum atomic E-state index is 5.27. The molecule has 0 aliphatic carbocycles. The summed E-state index contributed by atoms with van der Waals surface area (Å²) in [6.07, 6.45) is 4.72. The van der Waals surface area contributed by atoms with Crippen LogP contribution in [0.1, 0.15) is 6.41 Å². The van der Waals surface area contributed by atoms with E-state index in [1.807, 2.05) is 35.0 Å². The summed E-state index contributed by atoms with van der Waals surface area (Å²) in [6, 6.07) is 10.2. The number of nitrogens with zero attached hydrogens (tertiary/aromatic N) is 1. The monoisotopic (exact) mass is 187 g/mol. The van der Waals surface area contributed by atoms with Gasteiger partial charge < -0.3 is 9.47 Å². The summed E-state index contributed by atoms with van der Waals surface area (Å²) < 4.78 is 12.5. The molecule has 2 heterocycles. The fourth-order valence-corrected chi connectivity index (χ4v) is 1.65. The third-order valence-corrected chi connectivity index (χ3v) is 2.30. The van der Waals surface area contributed by atoms with Crippen molar-refractivity contribution in [2.24, 2.45) is 0 Å². The van der Waals surface area contributed by atoms with Gasteiger partial charge in [0.1, 0.15) is 12.5 Å². The zero-order valence-corrected chi connectivity index (χ0v) is 7.46. The molecule has 0 amide bonds. The SMILES string of the molecule is C1=COC(n2ccc3ccccc32)O1. The summed E-state index contributed by atoms with van der Waals surface area (Å²) in [5.41, 5.74) is 1.11. The summed E-state index contributed by atoms with van der Waals surface area (Å²) in [5.74, 6) is 0. The average molecular weight is 187 g/mol. The molecule has 0 saturated carbocycles. The van der Waals surface area contributed by atoms with Gasteiger partial charge in [-0.2, -0.15) is 0 Å². The first-order valence-corrected chi connectivity index (χ1v) is 4.47. The molecule has 3 heteroatoms. The lowest BCUT2D eigenvalue weighted by molar-refractivity contribution is -0.0804. The van der Waals surface area contributed by atoms with Gasteiger partial charge in [-0.05, 0) is 17.5 Å². The van der Waals surface area contributed by atoms with Crippen molar-refractivity contribution in [1.29, 1.82) is 0 Å². The van der Waals surface area contributed by atoms with Crippen LogP contribution in [-0.2, 0) is 9.47 Å². The van der Waals surface area contributed by atoms with Crippen LogP contribution in [0, 0.1) is 0 Å². The maximum absolute atomic E-state index is 5.27. The Morgan fingerprint density at radius 1 is 1.00 bits per heavy atom. The standard InChI is InChI=1S/C11H9NO2/c1-2-4-10-9(3-1)5-6-12(10)11-13-7-8-14-11/h1-8,11H. The normalized spacial score (nSPS) is 15.7. The van der Waals surface area contributed by atoms with Crippen LogP contribution < -0.4 is 0 Å². The molecule has 70 valence electrons. The topological polar surface area (TPSA) is 23.4 Å². The average Bonchev–Trinajstić information content (AvgIpc) is 2.85. The van der Waals surface area contributed by atoms with Crippen molar-refractivity contribution in [3.63, 3.8) is 0 Å². The summed E-state index contributed by atoms with van der Waals surface area (Å²) in [7, 11) is 0. The third kappa shape index (κ3) is 0.988. The van der Waals surface area contributed by atoms with Crippen LogP contribution in [-0.4, -0.2) is 4.57 Å². The van der Waals surface area contributed by atoms with E-state index in [1.165, 1.54) is 5.39 Å². The van der Waals surface area contributed by atoms with E-state index in [9.17, 15) is 0 Å². The van der Waals surface area contributed by atoms with Crippen molar-refractivity contribution < 1.29 is 9.47 Å². The van der Waals surface area contributed by atoms with Gasteiger partial charge in [0.05, 0.1) is 5.52 Å². The van der Waals surface area contributed by atoms with Crippen LogP contribution in [0.25, 0.3) is 10.9 Å². The van der Waals surface area contributed by atoms with Gasteiger partial charge in [-0.25, -0.2) is 0 Å². The van der Waals surface area contributed by atoms with Crippen molar-refractivity contribution in [3.8, 4) is 0 Å². The highest BCUT2D eigenvalue weighted by atomic mass is 16.7. The Hall–Kier alpha value is -1.90. The Kier molecular flexibility index (Phi) is 1.50. The molecule has 0 unspecified atom stereocenters. The lowest BCUT2D eigenvalue weighted by Gasteiger charge is -2.12. The predicted molar refractivity (Wildman–Crippen MR) is 52.3 cm³/mol. The smallest absolute Gasteiger partial charge is 0.330 e. The molecule has 0 N–H and O–H groups in total. The summed E-state index contributed by atoms with van der Waals surface area (Å²) in [6.45, 7) is 0. The number of hydrogen-bond acceptors (Lipinski definition) is 2. The van der Waals surface area contributed by atoms with E-state index >= 15 is 0 Å². The minimum atomic E-state index is -0.352. The fraction of sp³-hybridized carbons (Fsp3) is 0.0909. The molecule has 1 aliphatic rings. The molecule has 0 spiro atoms. The fourth-order valence-electron chi connectivity index (χ4n) is 1.65. The first kappa shape index (κ1) is 7.50. The van der Waals surface area contributed by atoms with Crippen LogP contribution in [0.15, 0.2) is 49.1 Å². The summed E-state index contributed by atoms with van der Waals surface area (Å²) in [5, 5.41) is 1.19. The Bertz CT molecular complexity index is 479. The molecule has 0 radical (unpaired) electrons. The van der Waals surface area contributed by atoms with E-state index in [0.29, 0.717) is 0 Å². The zero-order valence-electron chi connectivity index (χ0n) is 7.46. The van der Waals surface area contributed by atoms with E-state index in [0.717, 1.165) is 5.52 Å². The Morgan fingerprint density at radius 2 is 1.79 bits per heavy atom. The van der Waals surface area contributed by atoms with Gasteiger partial charge in [-0.15, -0.1) is 0 Å². The van der Waals surface area contributed by atoms with Gasteiger partial charge in [-0.3, -0.25) is 4.57 Å². The Labute approximate surface area is 81.2 Å². The second kappa shape index (κ2) is 2.80. The van der Waals surface area contributed by atoms with Gasteiger partial charge in [0, 0.05) is 6.20 Å². The number of para-hydroxylation sites is 1. The molecule has 14 heavy (non-hydrogen) atoms. The largest absolute Gasteiger partial charge is 0.442 e. The van der Waals surface area contributed by atoms with Crippen molar-refractivity contribution in [2.45, 2.75) is 6.41 Å². The van der Waals surface area contributed by atoms with Crippen LogP contribution in [0.2, 0.25) is 0 Å². The summed E-state index contributed by atoms with van der Waals surface area (Å²) in [4.78, 5) is 0. The molecule has 1 aromatic carbocycles. The van der Waals surface area contributed by atoms with E-state index in [2.05, 4.69) is 6.07 Å². The minimum Gasteiger partial charge on any atom is -0.442 e. The molecular weight excluding hydrogens is 178 g/mol. The first-order chi connectivity index (χ1) is 6.95. The van der Waals surface area contributed by atoms with Crippen molar-refractivity contribution in [2.75, 3.05) is 0 Å². The number of benzene rings is 1. The summed E-state index contributed by atoms with van der Waals surface area (Å²) >= 11 is 0. The highest BCUT2D eigenvalue weighted by molar-refractivity contribution is 5.79. The van der Waals surface area contributed by atoms with Crippen molar-refractivity contribution >= 4 is 10.9 Å². The lowest BCUT2D eigenvalue weighted by atomic mass is 10.2. The molecule has 3 nitrogen and oxygen atoms in total. The number of hydrogen-bond donors (Lipinski definition) is 0. The van der Waals surface area contributed by atoms with E-state index in [4.69, 9.17) is 9.47 Å². The Morgan fingerprint density at radius 3 is 2.64 bits per heavy atom. The first-order valence-electron chi connectivity index (χ1n) is 4.47. The Balaban J connectivity index is 2.12. The van der Waals surface area contributed by atoms with Gasteiger partial charge >= 0.3 is 6.41 Å². The van der Waals surface area contributed by atoms with Crippen LogP contribution >= 0.6 is 0 Å². The highest BCUT2D eigenvalue weighted by Crippen LogP contribution is 2.24. The lowest BCUT2D eigenvalue weighted by Crippen LogP contribution is -2.06. The van der Waals surface area contributed by atoms with Gasteiger partial charge in [0.2, 0.25) is 0 Å². The second-order valence-corrected chi connectivity index (χ2v) is 3.13. The predicted octanol–water partition coefficient (Wildman–Crippen LogP) is 2.62. The van der Waals surface area contributed by atoms with Gasteiger partial charge in [-0.1, -0.05) is 18.2 Å². The third-order valence-electron chi connectivity index (χ3n) is 2.30. The zero-order chi connectivity index (χ0) is 9.38. The van der Waals surface area contributed by atoms with E-state index < -0.39 is 0 Å². The molecule has 3 rings (SSSR count). The van der Waals surface area contributed by atoms with Crippen LogP contribution in [0.4, 0.5) is 0 Å².